The van der Waals surface area contributed by atoms with Gasteiger partial charge in [-0.1, -0.05) is 12.1 Å². The van der Waals surface area contributed by atoms with Gasteiger partial charge in [-0.3, -0.25) is 4.90 Å². The molecule has 156 valence electrons. The maximum atomic E-state index is 10.1. The van der Waals surface area contributed by atoms with Crippen molar-refractivity contribution in [3.63, 3.8) is 0 Å². The van der Waals surface area contributed by atoms with Gasteiger partial charge >= 0.3 is 6.01 Å². The second kappa shape index (κ2) is 9.65. The van der Waals surface area contributed by atoms with Crippen molar-refractivity contribution in [2.45, 2.75) is 51.2 Å². The summed E-state index contributed by atoms with van der Waals surface area (Å²) in [5, 5.41) is 10.1. The number of hydrogen-bond acceptors (Lipinski definition) is 6. The Bertz CT molecular complexity index is 740. The minimum Gasteiger partial charge on any atom is -0.424 e. The lowest BCUT2D eigenvalue weighted by Gasteiger charge is -2.43. The molecule has 2 aromatic rings. The van der Waals surface area contributed by atoms with Crippen LogP contribution >= 0.6 is 0 Å². The number of piperidine rings is 1. The highest BCUT2D eigenvalue weighted by Gasteiger charge is 2.36. The molecular weight excluding hydrogens is 366 g/mol. The summed E-state index contributed by atoms with van der Waals surface area (Å²) < 4.78 is 11.6. The number of aliphatic hydroxyl groups excluding tert-OH is 1. The van der Waals surface area contributed by atoms with Gasteiger partial charge in [0.25, 0.3) is 0 Å². The standard InChI is InChI=1S/C23H31N3O3/c27-18-23(16-21-4-1-2-15-28-21)9-13-26(14-10-23)17-19-5-7-20(8-6-19)29-22-24-11-3-12-25-22/h3,5-8,11-12,21,27H,1-2,4,9-10,13-18H2. The molecule has 2 saturated heterocycles. The van der Waals surface area contributed by atoms with Crippen LogP contribution in [0.5, 0.6) is 11.8 Å². The Morgan fingerprint density at radius 1 is 1.10 bits per heavy atom. The summed E-state index contributed by atoms with van der Waals surface area (Å²) >= 11 is 0. The molecule has 0 radical (unpaired) electrons. The van der Waals surface area contributed by atoms with Crippen molar-refractivity contribution in [3.05, 3.63) is 48.3 Å². The zero-order valence-electron chi connectivity index (χ0n) is 17.0. The van der Waals surface area contributed by atoms with Gasteiger partial charge in [-0.2, -0.15) is 0 Å². The number of aliphatic hydroxyl groups is 1. The third-order valence-electron chi connectivity index (χ3n) is 6.27. The van der Waals surface area contributed by atoms with Gasteiger partial charge in [0.15, 0.2) is 0 Å². The highest BCUT2D eigenvalue weighted by atomic mass is 16.5. The van der Waals surface area contributed by atoms with E-state index in [1.165, 1.54) is 18.4 Å². The SMILES string of the molecule is OCC1(CC2CCCCO2)CCN(Cc2ccc(Oc3ncccn3)cc2)CC1. The zero-order valence-corrected chi connectivity index (χ0v) is 17.0. The summed E-state index contributed by atoms with van der Waals surface area (Å²) in [7, 11) is 0. The molecule has 2 aliphatic heterocycles. The van der Waals surface area contributed by atoms with E-state index in [0.717, 1.165) is 57.7 Å². The van der Waals surface area contributed by atoms with Gasteiger partial charge in [0.05, 0.1) is 6.10 Å². The molecule has 0 spiro atoms. The highest BCUT2D eigenvalue weighted by molar-refractivity contribution is 5.29. The summed E-state index contributed by atoms with van der Waals surface area (Å²) in [5.41, 5.74) is 1.30. The average molecular weight is 398 g/mol. The van der Waals surface area contributed by atoms with Crippen molar-refractivity contribution >= 4 is 0 Å². The molecule has 1 aromatic heterocycles. The maximum Gasteiger partial charge on any atom is 0.321 e. The van der Waals surface area contributed by atoms with Crippen molar-refractivity contribution in [2.75, 3.05) is 26.3 Å². The summed E-state index contributed by atoms with van der Waals surface area (Å²) in [6.07, 6.45) is 10.3. The zero-order chi connectivity index (χ0) is 19.9. The predicted octanol–water partition coefficient (Wildman–Crippen LogP) is 3.80. The fourth-order valence-corrected chi connectivity index (χ4v) is 4.43. The Morgan fingerprint density at radius 2 is 1.86 bits per heavy atom. The third-order valence-corrected chi connectivity index (χ3v) is 6.27. The molecular formula is C23H31N3O3. The maximum absolute atomic E-state index is 10.1. The number of likely N-dealkylation sites (tertiary alicyclic amines) is 1. The monoisotopic (exact) mass is 397 g/mol. The molecule has 6 heteroatoms. The van der Waals surface area contributed by atoms with Crippen LogP contribution < -0.4 is 4.74 Å². The number of rotatable bonds is 7. The highest BCUT2D eigenvalue weighted by Crippen LogP contribution is 2.38. The fourth-order valence-electron chi connectivity index (χ4n) is 4.43. The van der Waals surface area contributed by atoms with E-state index in [2.05, 4.69) is 27.0 Å². The van der Waals surface area contributed by atoms with E-state index in [9.17, 15) is 5.11 Å². The largest absolute Gasteiger partial charge is 0.424 e. The number of hydrogen-bond donors (Lipinski definition) is 1. The lowest BCUT2D eigenvalue weighted by Crippen LogP contribution is -2.44. The van der Waals surface area contributed by atoms with E-state index >= 15 is 0 Å². The van der Waals surface area contributed by atoms with Gasteiger partial charge in [0.2, 0.25) is 0 Å². The van der Waals surface area contributed by atoms with Crippen LogP contribution in [0.2, 0.25) is 0 Å². The fraction of sp³-hybridized carbons (Fsp3) is 0.565. The topological polar surface area (TPSA) is 67.7 Å². The van der Waals surface area contributed by atoms with Gasteiger partial charge in [0.1, 0.15) is 5.75 Å². The second-order valence-corrected chi connectivity index (χ2v) is 8.40. The molecule has 1 atom stereocenters. The minimum absolute atomic E-state index is 0.0336. The van der Waals surface area contributed by atoms with Crippen LogP contribution in [-0.4, -0.2) is 52.4 Å². The Labute approximate surface area is 172 Å². The van der Waals surface area contributed by atoms with Crippen LogP contribution in [0.4, 0.5) is 0 Å². The van der Waals surface area contributed by atoms with Gasteiger partial charge in [0, 0.05) is 32.2 Å². The molecule has 2 fully saturated rings. The van der Waals surface area contributed by atoms with Crippen molar-refractivity contribution < 1.29 is 14.6 Å². The van der Waals surface area contributed by atoms with Gasteiger partial charge in [-0.05, 0) is 80.8 Å². The summed E-state index contributed by atoms with van der Waals surface area (Å²) in [4.78, 5) is 10.6. The Balaban J connectivity index is 1.27. The number of ether oxygens (including phenoxy) is 2. The van der Waals surface area contributed by atoms with Crippen LogP contribution in [-0.2, 0) is 11.3 Å². The number of nitrogens with zero attached hydrogens (tertiary/aromatic N) is 3. The first-order valence-corrected chi connectivity index (χ1v) is 10.7. The molecule has 1 aromatic carbocycles. The van der Waals surface area contributed by atoms with E-state index in [1.54, 1.807) is 18.5 Å². The van der Waals surface area contributed by atoms with Gasteiger partial charge in [-0.25, -0.2) is 9.97 Å². The predicted molar refractivity (Wildman–Crippen MR) is 111 cm³/mol. The quantitative estimate of drug-likeness (QED) is 0.766. The minimum atomic E-state index is 0.0336. The van der Waals surface area contributed by atoms with E-state index in [0.29, 0.717) is 12.1 Å². The summed E-state index contributed by atoms with van der Waals surface area (Å²) in [6.45, 7) is 4.11. The molecule has 29 heavy (non-hydrogen) atoms. The molecule has 4 rings (SSSR count). The lowest BCUT2D eigenvalue weighted by atomic mass is 9.74. The summed E-state index contributed by atoms with van der Waals surface area (Å²) in [6, 6.07) is 10.3. The smallest absolute Gasteiger partial charge is 0.321 e. The lowest BCUT2D eigenvalue weighted by molar-refractivity contribution is -0.0486. The van der Waals surface area contributed by atoms with E-state index in [4.69, 9.17) is 9.47 Å². The first-order valence-electron chi connectivity index (χ1n) is 10.7. The Hall–Kier alpha value is -2.02. The molecule has 0 aliphatic carbocycles. The third kappa shape index (κ3) is 5.53. The molecule has 3 heterocycles. The Kier molecular flexibility index (Phi) is 6.74. The van der Waals surface area contributed by atoms with Crippen molar-refractivity contribution in [1.29, 1.82) is 0 Å². The first-order chi connectivity index (χ1) is 14.2. The van der Waals surface area contributed by atoms with Crippen molar-refractivity contribution in [3.8, 4) is 11.8 Å². The molecule has 0 bridgehead atoms. The van der Waals surface area contributed by atoms with Crippen LogP contribution in [0.25, 0.3) is 0 Å². The van der Waals surface area contributed by atoms with Gasteiger partial charge in [-0.15, -0.1) is 0 Å². The molecule has 0 saturated carbocycles. The summed E-state index contributed by atoms with van der Waals surface area (Å²) in [5.74, 6) is 0.741. The van der Waals surface area contributed by atoms with Crippen molar-refractivity contribution in [2.24, 2.45) is 5.41 Å². The van der Waals surface area contributed by atoms with Crippen LogP contribution in [0.15, 0.2) is 42.7 Å². The number of aromatic nitrogens is 2. The van der Waals surface area contributed by atoms with Gasteiger partial charge < -0.3 is 14.6 Å². The molecule has 6 nitrogen and oxygen atoms in total. The van der Waals surface area contributed by atoms with E-state index in [1.807, 2.05) is 12.1 Å². The van der Waals surface area contributed by atoms with Crippen LogP contribution in [0, 0.1) is 5.41 Å². The van der Waals surface area contributed by atoms with E-state index < -0.39 is 0 Å². The number of benzene rings is 1. The van der Waals surface area contributed by atoms with Crippen LogP contribution in [0.1, 0.15) is 44.1 Å². The molecule has 2 aliphatic rings. The molecule has 1 unspecified atom stereocenters. The average Bonchev–Trinajstić information content (AvgIpc) is 2.78. The normalized spacial score (nSPS) is 22.3. The Morgan fingerprint density at radius 3 is 2.52 bits per heavy atom. The molecule has 0 amide bonds. The first kappa shape index (κ1) is 20.3. The van der Waals surface area contributed by atoms with Crippen LogP contribution in [0.3, 0.4) is 0 Å². The van der Waals surface area contributed by atoms with E-state index in [-0.39, 0.29) is 12.0 Å². The van der Waals surface area contributed by atoms with Crippen molar-refractivity contribution in [1.82, 2.24) is 14.9 Å². The molecule has 1 N–H and O–H groups in total. The second-order valence-electron chi connectivity index (χ2n) is 8.40.